The summed E-state index contributed by atoms with van der Waals surface area (Å²) in [5, 5.41) is 16.5. The zero-order valence-corrected chi connectivity index (χ0v) is 11.0. The summed E-state index contributed by atoms with van der Waals surface area (Å²) in [7, 11) is 0. The summed E-state index contributed by atoms with van der Waals surface area (Å²) in [6.07, 6.45) is -4.55. The number of nitrogens with zero attached hydrogens (tertiary/aromatic N) is 2. The van der Waals surface area contributed by atoms with Crippen molar-refractivity contribution in [1.82, 2.24) is 10.2 Å². The Balaban J connectivity index is 2.20. The highest BCUT2D eigenvalue weighted by molar-refractivity contribution is 7.15. The van der Waals surface area contributed by atoms with Gasteiger partial charge in [0.1, 0.15) is 0 Å². The van der Waals surface area contributed by atoms with Gasteiger partial charge in [0.05, 0.1) is 10.6 Å². The summed E-state index contributed by atoms with van der Waals surface area (Å²) < 4.78 is 37.0. The van der Waals surface area contributed by atoms with Gasteiger partial charge in [0.25, 0.3) is 0 Å². The number of hydrogen-bond donors (Lipinski definition) is 2. The first-order valence-electron chi connectivity index (χ1n) is 4.98. The first-order valence-corrected chi connectivity index (χ1v) is 6.17. The van der Waals surface area contributed by atoms with E-state index in [9.17, 15) is 18.0 Å². The van der Waals surface area contributed by atoms with Crippen LogP contribution in [0.2, 0.25) is 5.02 Å². The first-order chi connectivity index (χ1) is 9.27. The quantitative estimate of drug-likeness (QED) is 0.901. The van der Waals surface area contributed by atoms with Crippen LogP contribution in [0.5, 0.6) is 0 Å². The fraction of sp³-hybridized carbons (Fsp3) is 0.100. The average molecular weight is 324 g/mol. The Morgan fingerprint density at radius 3 is 2.55 bits per heavy atom. The summed E-state index contributed by atoms with van der Waals surface area (Å²) in [6, 6.07) is 3.88. The summed E-state index contributed by atoms with van der Waals surface area (Å²) >= 11 is 6.07. The molecule has 0 saturated heterocycles. The Kier molecular flexibility index (Phi) is 3.82. The van der Waals surface area contributed by atoms with Gasteiger partial charge < -0.3 is 10.4 Å². The molecule has 1 aromatic heterocycles. The van der Waals surface area contributed by atoms with Gasteiger partial charge in [-0.05, 0) is 18.2 Å². The molecule has 2 rings (SSSR count). The molecule has 20 heavy (non-hydrogen) atoms. The first kappa shape index (κ1) is 14.5. The maximum atomic E-state index is 12.3. The number of aromatic nitrogens is 2. The predicted octanol–water partition coefficient (Wildman–Crippen LogP) is 3.65. The van der Waals surface area contributed by atoms with E-state index < -0.39 is 17.2 Å². The van der Waals surface area contributed by atoms with Gasteiger partial charge in [-0.15, -0.1) is 10.2 Å². The molecule has 1 heterocycles. The molecule has 0 aliphatic rings. The molecule has 1 aromatic carbocycles. The summed E-state index contributed by atoms with van der Waals surface area (Å²) in [6.45, 7) is 0. The lowest BCUT2D eigenvalue weighted by Gasteiger charge is -2.04. The summed E-state index contributed by atoms with van der Waals surface area (Å²) in [5.74, 6) is -1.20. The van der Waals surface area contributed by atoms with Gasteiger partial charge in [-0.3, -0.25) is 0 Å². The number of halogens is 4. The number of rotatable bonds is 3. The largest absolute Gasteiger partial charge is 0.478 e. The molecule has 0 bridgehead atoms. The van der Waals surface area contributed by atoms with Crippen molar-refractivity contribution in [2.24, 2.45) is 0 Å². The second-order valence-electron chi connectivity index (χ2n) is 3.53. The van der Waals surface area contributed by atoms with E-state index in [-0.39, 0.29) is 15.7 Å². The van der Waals surface area contributed by atoms with Gasteiger partial charge in [-0.25, -0.2) is 4.79 Å². The SMILES string of the molecule is O=C(O)c1ccc(Nc2nnc(C(F)(F)F)s2)cc1Cl. The number of nitrogens with one attached hydrogen (secondary N) is 1. The lowest BCUT2D eigenvalue weighted by Crippen LogP contribution is -2.03. The van der Waals surface area contributed by atoms with E-state index in [2.05, 4.69) is 15.5 Å². The number of benzene rings is 1. The van der Waals surface area contributed by atoms with Crippen LogP contribution < -0.4 is 5.32 Å². The van der Waals surface area contributed by atoms with E-state index in [0.717, 1.165) is 0 Å². The number of alkyl halides is 3. The second kappa shape index (κ2) is 5.25. The van der Waals surface area contributed by atoms with Gasteiger partial charge in [0.15, 0.2) is 0 Å². The fourth-order valence-corrected chi connectivity index (χ4v) is 2.17. The smallest absolute Gasteiger partial charge is 0.445 e. The lowest BCUT2D eigenvalue weighted by molar-refractivity contribution is -0.138. The molecule has 0 atom stereocenters. The van der Waals surface area contributed by atoms with Crippen molar-refractivity contribution >= 4 is 39.7 Å². The zero-order chi connectivity index (χ0) is 14.9. The van der Waals surface area contributed by atoms with Crippen LogP contribution in [-0.4, -0.2) is 21.3 Å². The highest BCUT2D eigenvalue weighted by Crippen LogP contribution is 2.34. The van der Waals surface area contributed by atoms with Gasteiger partial charge in [-0.1, -0.05) is 22.9 Å². The standard InChI is InChI=1S/C10H5ClF3N3O2S/c11-6-3-4(1-2-5(6)7(18)19)15-9-17-16-8(20-9)10(12,13)14/h1-3H,(H,15,17)(H,18,19). The van der Waals surface area contributed by atoms with E-state index in [1.165, 1.54) is 18.2 Å². The van der Waals surface area contributed by atoms with Crippen LogP contribution in [0.4, 0.5) is 24.0 Å². The van der Waals surface area contributed by atoms with Crippen LogP contribution in [-0.2, 0) is 6.18 Å². The molecule has 2 N–H and O–H groups in total. The summed E-state index contributed by atoms with van der Waals surface area (Å²) in [4.78, 5) is 10.8. The molecule has 10 heteroatoms. The number of carbonyl (C=O) groups is 1. The van der Waals surface area contributed by atoms with Crippen LogP contribution >= 0.6 is 22.9 Å². The maximum absolute atomic E-state index is 12.3. The van der Waals surface area contributed by atoms with Gasteiger partial charge in [-0.2, -0.15) is 13.2 Å². The molecule has 2 aromatic rings. The monoisotopic (exact) mass is 323 g/mol. The highest BCUT2D eigenvalue weighted by Gasteiger charge is 2.35. The van der Waals surface area contributed by atoms with Gasteiger partial charge in [0.2, 0.25) is 10.1 Å². The van der Waals surface area contributed by atoms with Crippen molar-refractivity contribution in [3.8, 4) is 0 Å². The van der Waals surface area contributed by atoms with Crippen molar-refractivity contribution in [2.75, 3.05) is 5.32 Å². The third kappa shape index (κ3) is 3.17. The second-order valence-corrected chi connectivity index (χ2v) is 4.92. The maximum Gasteiger partial charge on any atom is 0.445 e. The summed E-state index contributed by atoms with van der Waals surface area (Å²) in [5.41, 5.74) is 0.204. The molecule has 0 saturated carbocycles. The Morgan fingerprint density at radius 1 is 1.35 bits per heavy atom. The van der Waals surface area contributed by atoms with Crippen LogP contribution in [0.1, 0.15) is 15.4 Å². The number of carboxylic acids is 1. The minimum absolute atomic E-state index is 0.0388. The van der Waals surface area contributed by atoms with Gasteiger partial charge in [0, 0.05) is 5.69 Å². The molecule has 5 nitrogen and oxygen atoms in total. The van der Waals surface area contributed by atoms with Crippen molar-refractivity contribution < 1.29 is 23.1 Å². The van der Waals surface area contributed by atoms with Crippen LogP contribution in [0.15, 0.2) is 18.2 Å². The van der Waals surface area contributed by atoms with E-state index in [4.69, 9.17) is 16.7 Å². The normalized spacial score (nSPS) is 11.4. The Labute approximate surface area is 119 Å². The number of aromatic carboxylic acids is 1. The van der Waals surface area contributed by atoms with Gasteiger partial charge >= 0.3 is 12.1 Å². The lowest BCUT2D eigenvalue weighted by atomic mass is 10.2. The molecular formula is C10H5ClF3N3O2S. The minimum Gasteiger partial charge on any atom is -0.478 e. The molecule has 0 aliphatic carbocycles. The number of carboxylic acid groups (broad SMARTS) is 1. The molecule has 0 spiro atoms. The molecule has 0 aliphatic heterocycles. The minimum atomic E-state index is -4.55. The number of hydrogen-bond acceptors (Lipinski definition) is 5. The van der Waals surface area contributed by atoms with Crippen molar-refractivity contribution in [3.63, 3.8) is 0 Å². The molecule has 0 amide bonds. The average Bonchev–Trinajstić information content (AvgIpc) is 2.76. The van der Waals surface area contributed by atoms with E-state index in [1.54, 1.807) is 0 Å². The number of anilines is 2. The predicted molar refractivity (Wildman–Crippen MR) is 66.6 cm³/mol. The van der Waals surface area contributed by atoms with E-state index in [0.29, 0.717) is 17.0 Å². The van der Waals surface area contributed by atoms with Crippen LogP contribution in [0.3, 0.4) is 0 Å². The van der Waals surface area contributed by atoms with E-state index in [1.807, 2.05) is 0 Å². The van der Waals surface area contributed by atoms with Crippen molar-refractivity contribution in [2.45, 2.75) is 6.18 Å². The van der Waals surface area contributed by atoms with Crippen LogP contribution in [0.25, 0.3) is 0 Å². The third-order valence-electron chi connectivity index (χ3n) is 2.12. The topological polar surface area (TPSA) is 75.1 Å². The molecule has 0 unspecified atom stereocenters. The Morgan fingerprint density at radius 2 is 2.05 bits per heavy atom. The highest BCUT2D eigenvalue weighted by atomic mass is 35.5. The molecular weight excluding hydrogens is 319 g/mol. The van der Waals surface area contributed by atoms with Crippen molar-refractivity contribution in [1.29, 1.82) is 0 Å². The van der Waals surface area contributed by atoms with Crippen molar-refractivity contribution in [3.05, 3.63) is 33.8 Å². The molecule has 0 fully saturated rings. The third-order valence-corrected chi connectivity index (χ3v) is 3.31. The molecule has 0 radical (unpaired) electrons. The van der Waals surface area contributed by atoms with Crippen LogP contribution in [0, 0.1) is 0 Å². The fourth-order valence-electron chi connectivity index (χ4n) is 1.28. The Bertz CT molecular complexity index is 659. The Hall–Kier alpha value is -1.87. The molecule has 106 valence electrons. The zero-order valence-electron chi connectivity index (χ0n) is 9.40. The van der Waals surface area contributed by atoms with E-state index >= 15 is 0 Å².